The minimum atomic E-state index is -3.32. The van der Waals surface area contributed by atoms with Crippen molar-refractivity contribution in [2.45, 2.75) is 25.7 Å². The van der Waals surface area contributed by atoms with Crippen molar-refractivity contribution in [3.63, 3.8) is 0 Å². The third-order valence-corrected chi connectivity index (χ3v) is 8.36. The standard InChI is InChI=1S/C26H24ClN3O3S/c27-23-13-10-20(17-22(23)25-16-19-6-2-3-7-24(19)29-25)28-26(31)18-8-11-21(12-9-18)30-14-4-1-5-15-34(30,32)33/h2-3,6-13,17H,1,4-5,14-16H2,(H,28,31). The quantitative estimate of drug-likeness (QED) is 0.514. The van der Waals surface area contributed by atoms with Crippen LogP contribution in [-0.2, 0) is 16.4 Å². The molecule has 2 aliphatic rings. The van der Waals surface area contributed by atoms with Crippen molar-refractivity contribution in [1.29, 1.82) is 0 Å². The van der Waals surface area contributed by atoms with Crippen LogP contribution in [0.4, 0.5) is 17.1 Å². The lowest BCUT2D eigenvalue weighted by molar-refractivity contribution is 0.102. The van der Waals surface area contributed by atoms with Gasteiger partial charge in [-0.05, 0) is 66.9 Å². The highest BCUT2D eigenvalue weighted by Gasteiger charge is 2.24. The van der Waals surface area contributed by atoms with Gasteiger partial charge < -0.3 is 5.32 Å². The molecule has 34 heavy (non-hydrogen) atoms. The zero-order valence-corrected chi connectivity index (χ0v) is 20.1. The first-order valence-electron chi connectivity index (χ1n) is 11.3. The molecule has 0 aromatic heterocycles. The van der Waals surface area contributed by atoms with Gasteiger partial charge in [0.15, 0.2) is 0 Å². The van der Waals surface area contributed by atoms with Gasteiger partial charge >= 0.3 is 0 Å². The van der Waals surface area contributed by atoms with Crippen molar-refractivity contribution >= 4 is 50.3 Å². The number of sulfonamides is 1. The fourth-order valence-electron chi connectivity index (χ4n) is 4.35. The van der Waals surface area contributed by atoms with Gasteiger partial charge in [0.25, 0.3) is 5.91 Å². The first kappa shape index (κ1) is 22.6. The third-order valence-electron chi connectivity index (χ3n) is 6.16. The Morgan fingerprint density at radius 1 is 0.971 bits per heavy atom. The molecule has 2 heterocycles. The van der Waals surface area contributed by atoms with Crippen LogP contribution in [0.1, 0.15) is 40.7 Å². The first-order valence-corrected chi connectivity index (χ1v) is 13.3. The highest BCUT2D eigenvalue weighted by Crippen LogP contribution is 2.32. The smallest absolute Gasteiger partial charge is 0.255 e. The number of hydrogen-bond acceptors (Lipinski definition) is 4. The van der Waals surface area contributed by atoms with E-state index < -0.39 is 10.0 Å². The lowest BCUT2D eigenvalue weighted by Crippen LogP contribution is -2.32. The lowest BCUT2D eigenvalue weighted by Gasteiger charge is -2.22. The monoisotopic (exact) mass is 493 g/mol. The Morgan fingerprint density at radius 2 is 1.76 bits per heavy atom. The van der Waals surface area contributed by atoms with Gasteiger partial charge in [0.05, 0.1) is 22.8 Å². The zero-order valence-electron chi connectivity index (χ0n) is 18.5. The summed E-state index contributed by atoms with van der Waals surface area (Å²) in [4.78, 5) is 17.6. The van der Waals surface area contributed by atoms with Gasteiger partial charge in [-0.1, -0.05) is 36.2 Å². The molecule has 2 aliphatic heterocycles. The number of halogens is 1. The number of nitrogens with one attached hydrogen (secondary N) is 1. The highest BCUT2D eigenvalue weighted by molar-refractivity contribution is 7.92. The Labute approximate surface area is 204 Å². The van der Waals surface area contributed by atoms with Gasteiger partial charge in [0, 0.05) is 34.8 Å². The van der Waals surface area contributed by atoms with E-state index in [2.05, 4.69) is 5.32 Å². The second kappa shape index (κ2) is 9.24. The lowest BCUT2D eigenvalue weighted by atomic mass is 10.0. The van der Waals surface area contributed by atoms with Crippen LogP contribution in [0.5, 0.6) is 0 Å². The summed E-state index contributed by atoms with van der Waals surface area (Å²) >= 11 is 6.45. The molecular formula is C26H24ClN3O3S. The first-order chi connectivity index (χ1) is 16.4. The van der Waals surface area contributed by atoms with E-state index in [-0.39, 0.29) is 11.7 Å². The molecule has 3 aromatic carbocycles. The topological polar surface area (TPSA) is 78.8 Å². The molecule has 0 spiro atoms. The van der Waals surface area contributed by atoms with Crippen LogP contribution < -0.4 is 9.62 Å². The molecule has 6 nitrogen and oxygen atoms in total. The van der Waals surface area contributed by atoms with E-state index in [1.165, 1.54) is 4.31 Å². The van der Waals surface area contributed by atoms with Crippen LogP contribution >= 0.6 is 11.6 Å². The number of hydrogen-bond donors (Lipinski definition) is 1. The molecule has 0 unspecified atom stereocenters. The maximum atomic E-state index is 12.9. The number of benzene rings is 3. The Balaban J connectivity index is 1.33. The van der Waals surface area contributed by atoms with E-state index >= 15 is 0 Å². The summed E-state index contributed by atoms with van der Waals surface area (Å²) in [5, 5.41) is 3.49. The minimum Gasteiger partial charge on any atom is -0.322 e. The Bertz CT molecular complexity index is 1380. The van der Waals surface area contributed by atoms with E-state index in [1.54, 1.807) is 36.4 Å². The summed E-state index contributed by atoms with van der Waals surface area (Å²) in [5.41, 5.74) is 5.39. The van der Waals surface area contributed by atoms with Crippen molar-refractivity contribution < 1.29 is 13.2 Å². The van der Waals surface area contributed by atoms with Crippen molar-refractivity contribution in [3.8, 4) is 0 Å². The van der Waals surface area contributed by atoms with Gasteiger partial charge in [-0.2, -0.15) is 0 Å². The predicted octanol–water partition coefficient (Wildman–Crippen LogP) is 5.59. The molecule has 0 saturated carbocycles. The van der Waals surface area contributed by atoms with E-state index in [0.717, 1.165) is 35.4 Å². The van der Waals surface area contributed by atoms with Gasteiger partial charge in [-0.15, -0.1) is 0 Å². The highest BCUT2D eigenvalue weighted by atomic mass is 35.5. The summed E-state index contributed by atoms with van der Waals surface area (Å²) in [5.74, 6) is -0.125. The second-order valence-corrected chi connectivity index (χ2v) is 10.9. The number of para-hydroxylation sites is 1. The summed E-state index contributed by atoms with van der Waals surface area (Å²) in [7, 11) is -3.32. The molecule has 1 fully saturated rings. The number of nitrogens with zero attached hydrogens (tertiary/aromatic N) is 2. The van der Waals surface area contributed by atoms with Crippen molar-refractivity contribution in [2.75, 3.05) is 21.9 Å². The number of rotatable bonds is 4. The number of carbonyl (C=O) groups excluding carboxylic acids is 1. The second-order valence-electron chi connectivity index (χ2n) is 8.51. The molecule has 1 amide bonds. The van der Waals surface area contributed by atoms with Crippen LogP contribution in [0.25, 0.3) is 0 Å². The maximum Gasteiger partial charge on any atom is 0.255 e. The molecule has 174 valence electrons. The van der Waals surface area contributed by atoms with E-state index in [0.29, 0.717) is 41.3 Å². The fraction of sp³-hybridized carbons (Fsp3) is 0.231. The summed E-state index contributed by atoms with van der Waals surface area (Å²) in [6, 6.07) is 20.0. The molecule has 0 bridgehead atoms. The number of amides is 1. The van der Waals surface area contributed by atoms with Crippen LogP contribution in [0.3, 0.4) is 0 Å². The van der Waals surface area contributed by atoms with Crippen molar-refractivity contribution in [1.82, 2.24) is 0 Å². The molecule has 1 N–H and O–H groups in total. The van der Waals surface area contributed by atoms with Gasteiger partial charge in [0.2, 0.25) is 10.0 Å². The van der Waals surface area contributed by atoms with Gasteiger partial charge in [-0.25, -0.2) is 8.42 Å². The molecule has 0 atom stereocenters. The Morgan fingerprint density at radius 3 is 2.56 bits per heavy atom. The number of carbonyl (C=O) groups is 1. The predicted molar refractivity (Wildman–Crippen MR) is 137 cm³/mol. The third kappa shape index (κ3) is 4.58. The van der Waals surface area contributed by atoms with Crippen LogP contribution in [0.15, 0.2) is 71.7 Å². The largest absolute Gasteiger partial charge is 0.322 e. The molecule has 0 radical (unpaired) electrons. The molecular weight excluding hydrogens is 470 g/mol. The summed E-state index contributed by atoms with van der Waals surface area (Å²) in [6.07, 6.45) is 3.10. The zero-order chi connectivity index (χ0) is 23.7. The van der Waals surface area contributed by atoms with Crippen LogP contribution in [0.2, 0.25) is 5.02 Å². The fourth-order valence-corrected chi connectivity index (χ4v) is 6.22. The SMILES string of the molecule is O=C(Nc1ccc(Cl)c(C2=Nc3ccccc3C2)c1)c1ccc(N2CCCCCS2(=O)=O)cc1. The van der Waals surface area contributed by atoms with E-state index in [9.17, 15) is 13.2 Å². The van der Waals surface area contributed by atoms with Crippen molar-refractivity contribution in [3.05, 3.63) is 88.4 Å². The average Bonchev–Trinajstić information content (AvgIpc) is 3.18. The summed E-state index contributed by atoms with van der Waals surface area (Å²) in [6.45, 7) is 0.467. The van der Waals surface area contributed by atoms with Crippen LogP contribution in [-0.4, -0.2) is 32.3 Å². The van der Waals surface area contributed by atoms with Crippen LogP contribution in [0, 0.1) is 0 Å². The number of aliphatic imine (C=N–C) groups is 1. The molecule has 3 aromatic rings. The number of anilines is 2. The van der Waals surface area contributed by atoms with Gasteiger partial charge in [0.1, 0.15) is 0 Å². The molecule has 8 heteroatoms. The maximum absolute atomic E-state index is 12.9. The minimum absolute atomic E-state index is 0.157. The Hall–Kier alpha value is -3.16. The molecule has 5 rings (SSSR count). The van der Waals surface area contributed by atoms with Gasteiger partial charge in [-0.3, -0.25) is 14.1 Å². The van der Waals surface area contributed by atoms with E-state index in [1.807, 2.05) is 30.3 Å². The molecule has 1 saturated heterocycles. The Kier molecular flexibility index (Phi) is 6.15. The van der Waals surface area contributed by atoms with Crippen molar-refractivity contribution in [2.24, 2.45) is 4.99 Å². The average molecular weight is 494 g/mol. The summed E-state index contributed by atoms with van der Waals surface area (Å²) < 4.78 is 26.5. The van der Waals surface area contributed by atoms with E-state index in [4.69, 9.17) is 16.6 Å². The normalized spacial score (nSPS) is 17.0. The number of fused-ring (bicyclic) bond motifs is 1. The molecule has 0 aliphatic carbocycles.